The molecule has 3 saturated carbocycles. The van der Waals surface area contributed by atoms with Crippen molar-refractivity contribution < 1.29 is 14.9 Å². The predicted octanol–water partition coefficient (Wildman–Crippen LogP) is 6.15. The quantitative estimate of drug-likeness (QED) is 0.500. The first-order valence-corrected chi connectivity index (χ1v) is 13.3. The van der Waals surface area contributed by atoms with Gasteiger partial charge in [0.25, 0.3) is 0 Å². The van der Waals surface area contributed by atoms with Crippen LogP contribution in [-0.2, 0) is 4.74 Å². The summed E-state index contributed by atoms with van der Waals surface area (Å²) in [7, 11) is 1.73. The number of aliphatic hydroxyl groups excluding tert-OH is 1. The van der Waals surface area contributed by atoms with Gasteiger partial charge in [-0.2, -0.15) is 0 Å². The second kappa shape index (κ2) is 8.54. The molecule has 3 nitrogen and oxygen atoms in total. The zero-order valence-electron chi connectivity index (χ0n) is 21.6. The van der Waals surface area contributed by atoms with E-state index in [2.05, 4.69) is 59.8 Å². The van der Waals surface area contributed by atoms with Crippen LogP contribution in [0.2, 0.25) is 0 Å². The summed E-state index contributed by atoms with van der Waals surface area (Å²) in [4.78, 5) is 0. The van der Waals surface area contributed by atoms with Crippen molar-refractivity contribution in [2.24, 2.45) is 46.3 Å². The molecule has 32 heavy (non-hydrogen) atoms. The van der Waals surface area contributed by atoms with E-state index < -0.39 is 11.7 Å². The summed E-state index contributed by atoms with van der Waals surface area (Å²) in [6.07, 6.45) is 13.6. The third-order valence-electron chi connectivity index (χ3n) is 11.0. The minimum Gasteiger partial charge on any atom is -0.393 e. The number of hydrogen-bond donors (Lipinski definition) is 2. The number of ether oxygens (including phenoxy) is 1. The molecule has 4 aliphatic rings. The van der Waals surface area contributed by atoms with E-state index in [1.165, 1.54) is 19.3 Å². The van der Waals surface area contributed by atoms with Crippen LogP contribution in [0.25, 0.3) is 0 Å². The molecule has 3 unspecified atom stereocenters. The van der Waals surface area contributed by atoms with Crippen molar-refractivity contribution in [2.45, 2.75) is 104 Å². The summed E-state index contributed by atoms with van der Waals surface area (Å²) in [6.45, 7) is 14.2. The van der Waals surface area contributed by atoms with Gasteiger partial charge in [-0.05, 0) is 79.4 Å². The average Bonchev–Trinajstić information content (AvgIpc) is 3.09. The lowest BCUT2D eigenvalue weighted by molar-refractivity contribution is -0.216. The summed E-state index contributed by atoms with van der Waals surface area (Å²) in [5, 5.41) is 22.3. The molecule has 0 aromatic carbocycles. The maximum Gasteiger partial charge on any atom is 0.105 e. The molecule has 182 valence electrons. The van der Waals surface area contributed by atoms with E-state index in [0.29, 0.717) is 47.3 Å². The lowest BCUT2D eigenvalue weighted by atomic mass is 9.45. The fraction of sp³-hybridized carbons (Fsp3) is 0.862. The van der Waals surface area contributed by atoms with E-state index in [9.17, 15) is 10.2 Å². The summed E-state index contributed by atoms with van der Waals surface area (Å²) in [6, 6.07) is 0. The van der Waals surface area contributed by atoms with Gasteiger partial charge >= 0.3 is 0 Å². The number of methoxy groups -OCH3 is 1. The zero-order valence-corrected chi connectivity index (χ0v) is 21.6. The van der Waals surface area contributed by atoms with Crippen LogP contribution in [0.1, 0.15) is 86.5 Å². The highest BCUT2D eigenvalue weighted by atomic mass is 16.5. The molecule has 3 heteroatoms. The molecule has 4 aliphatic carbocycles. The SMILES string of the molecule is CO[C@@H]1C=C2C3CC[C@H](C(C)/C=C/C(C)C(C)C)[C@@]3(C)CC[C@@H]2[C@@]2(C)CC[C@H](O)C[C@]12O. The van der Waals surface area contributed by atoms with Crippen molar-refractivity contribution in [2.75, 3.05) is 7.11 Å². The number of fused-ring (bicyclic) bond motifs is 5. The van der Waals surface area contributed by atoms with Gasteiger partial charge in [0.2, 0.25) is 0 Å². The predicted molar refractivity (Wildman–Crippen MR) is 131 cm³/mol. The van der Waals surface area contributed by atoms with Crippen LogP contribution in [0, 0.1) is 46.3 Å². The number of allylic oxidation sites excluding steroid dienone is 3. The average molecular weight is 445 g/mol. The molecular formula is C29H48O3. The van der Waals surface area contributed by atoms with Gasteiger partial charge in [0.1, 0.15) is 11.7 Å². The summed E-state index contributed by atoms with van der Waals surface area (Å²) in [5.74, 6) is 3.63. The van der Waals surface area contributed by atoms with E-state index >= 15 is 0 Å². The largest absolute Gasteiger partial charge is 0.393 e. The third-order valence-corrected chi connectivity index (χ3v) is 11.0. The van der Waals surface area contributed by atoms with E-state index in [-0.39, 0.29) is 11.5 Å². The Bertz CT molecular complexity index is 756. The maximum absolute atomic E-state index is 11.9. The molecule has 0 aromatic heterocycles. The molecular weight excluding hydrogens is 396 g/mol. The van der Waals surface area contributed by atoms with Crippen LogP contribution in [0.3, 0.4) is 0 Å². The molecule has 0 aliphatic heterocycles. The summed E-state index contributed by atoms with van der Waals surface area (Å²) >= 11 is 0. The Morgan fingerprint density at radius 2 is 1.72 bits per heavy atom. The number of hydrogen-bond acceptors (Lipinski definition) is 3. The van der Waals surface area contributed by atoms with Crippen molar-refractivity contribution in [1.29, 1.82) is 0 Å². The van der Waals surface area contributed by atoms with Crippen molar-refractivity contribution in [3.63, 3.8) is 0 Å². The first-order valence-electron chi connectivity index (χ1n) is 13.3. The monoisotopic (exact) mass is 444 g/mol. The Morgan fingerprint density at radius 3 is 2.38 bits per heavy atom. The standard InChI is InChI=1S/C29H48O3/c1-18(2)19(3)8-9-20(4)23-10-11-24-22-16-26(32-7)29(31)17-21(30)12-15-28(29,6)25(22)13-14-27(23,24)5/h8-9,16,18-21,23-26,30-31H,10-15,17H2,1-7H3/b9-8+/t19?,20?,21-,23+,24?,25-,26+,27+,28+,29-/m0/s1. The highest BCUT2D eigenvalue weighted by molar-refractivity contribution is 5.33. The molecule has 4 rings (SSSR count). The van der Waals surface area contributed by atoms with Gasteiger partial charge in [0, 0.05) is 18.9 Å². The van der Waals surface area contributed by atoms with E-state index in [4.69, 9.17) is 4.74 Å². The third kappa shape index (κ3) is 3.57. The normalized spacial score (nSPS) is 48.2. The lowest BCUT2D eigenvalue weighted by Crippen LogP contribution is -2.65. The lowest BCUT2D eigenvalue weighted by Gasteiger charge is -2.62. The van der Waals surface area contributed by atoms with E-state index in [0.717, 1.165) is 19.3 Å². The molecule has 0 heterocycles. The van der Waals surface area contributed by atoms with Gasteiger partial charge in [0.05, 0.1) is 6.10 Å². The van der Waals surface area contributed by atoms with Crippen LogP contribution >= 0.6 is 0 Å². The molecule has 0 spiro atoms. The van der Waals surface area contributed by atoms with Gasteiger partial charge in [-0.25, -0.2) is 0 Å². The zero-order chi connectivity index (χ0) is 23.5. The molecule has 0 radical (unpaired) electrons. The Labute approximate surface area is 196 Å². The second-order valence-electron chi connectivity index (χ2n) is 12.7. The van der Waals surface area contributed by atoms with Crippen LogP contribution in [-0.4, -0.2) is 35.1 Å². The molecule has 0 aromatic rings. The molecule has 3 fully saturated rings. The van der Waals surface area contributed by atoms with Gasteiger partial charge in [-0.3, -0.25) is 0 Å². The van der Waals surface area contributed by atoms with Crippen LogP contribution in [0.15, 0.2) is 23.8 Å². The van der Waals surface area contributed by atoms with E-state index in [1.54, 1.807) is 12.7 Å². The highest BCUT2D eigenvalue weighted by Crippen LogP contribution is 2.67. The fourth-order valence-electron chi connectivity index (χ4n) is 8.40. The first kappa shape index (κ1) is 24.5. The highest BCUT2D eigenvalue weighted by Gasteiger charge is 2.65. The van der Waals surface area contributed by atoms with Gasteiger partial charge < -0.3 is 14.9 Å². The second-order valence-corrected chi connectivity index (χ2v) is 12.7. The van der Waals surface area contributed by atoms with Crippen LogP contribution in [0.5, 0.6) is 0 Å². The smallest absolute Gasteiger partial charge is 0.105 e. The minimum absolute atomic E-state index is 0.214. The maximum atomic E-state index is 11.9. The summed E-state index contributed by atoms with van der Waals surface area (Å²) < 4.78 is 5.92. The Morgan fingerprint density at radius 1 is 1.00 bits per heavy atom. The Balaban J connectivity index is 1.64. The number of rotatable bonds is 5. The van der Waals surface area contributed by atoms with Gasteiger partial charge in [-0.15, -0.1) is 0 Å². The van der Waals surface area contributed by atoms with Gasteiger partial charge in [-0.1, -0.05) is 65.3 Å². The Hall–Kier alpha value is -0.640. The van der Waals surface area contributed by atoms with Crippen LogP contribution in [0.4, 0.5) is 0 Å². The number of aliphatic hydroxyl groups is 2. The molecule has 0 bridgehead atoms. The minimum atomic E-state index is -0.970. The van der Waals surface area contributed by atoms with E-state index in [1.807, 2.05) is 0 Å². The molecule has 0 saturated heterocycles. The molecule has 2 N–H and O–H groups in total. The van der Waals surface area contributed by atoms with Crippen molar-refractivity contribution in [3.05, 3.63) is 23.8 Å². The topological polar surface area (TPSA) is 49.7 Å². The van der Waals surface area contributed by atoms with Gasteiger partial charge in [0.15, 0.2) is 0 Å². The fourth-order valence-corrected chi connectivity index (χ4v) is 8.40. The van der Waals surface area contributed by atoms with Crippen molar-refractivity contribution in [1.82, 2.24) is 0 Å². The summed E-state index contributed by atoms with van der Waals surface area (Å²) in [5.41, 5.74) is 0.714. The molecule has 0 amide bonds. The first-order chi connectivity index (χ1) is 15.0. The van der Waals surface area contributed by atoms with Crippen molar-refractivity contribution in [3.8, 4) is 0 Å². The van der Waals surface area contributed by atoms with Crippen LogP contribution < -0.4 is 0 Å². The Kier molecular flexibility index (Phi) is 6.53. The molecule has 10 atom stereocenters. The van der Waals surface area contributed by atoms with Crippen molar-refractivity contribution >= 4 is 0 Å².